The summed E-state index contributed by atoms with van der Waals surface area (Å²) >= 11 is 0. The van der Waals surface area contributed by atoms with E-state index in [0.29, 0.717) is 25.7 Å². The quantitative estimate of drug-likeness (QED) is 0.649. The van der Waals surface area contributed by atoms with Crippen LogP contribution in [0.5, 0.6) is 0 Å². The molecule has 2 aliphatic heterocycles. The lowest BCUT2D eigenvalue weighted by molar-refractivity contribution is -0.174. The summed E-state index contributed by atoms with van der Waals surface area (Å²) in [6.45, 7) is 5.50. The van der Waals surface area contributed by atoms with Crippen LogP contribution in [-0.4, -0.2) is 55.2 Å². The Bertz CT molecular complexity index is 274. The van der Waals surface area contributed by atoms with Gasteiger partial charge in [0.2, 0.25) is 0 Å². The third-order valence-corrected chi connectivity index (χ3v) is 3.21. The molecule has 0 aromatic carbocycles. The van der Waals surface area contributed by atoms with Crippen molar-refractivity contribution in [1.82, 2.24) is 10.1 Å². The van der Waals surface area contributed by atoms with Crippen molar-refractivity contribution in [3.05, 3.63) is 0 Å². The molecule has 0 radical (unpaired) electrons. The van der Waals surface area contributed by atoms with E-state index >= 15 is 0 Å². The highest BCUT2D eigenvalue weighted by Gasteiger charge is 2.48. The Morgan fingerprint density at radius 2 is 2.31 bits per heavy atom. The van der Waals surface area contributed by atoms with E-state index < -0.39 is 6.16 Å². The summed E-state index contributed by atoms with van der Waals surface area (Å²) in [5.41, 5.74) is 0. The smallest absolute Gasteiger partial charge is 0.433 e. The van der Waals surface area contributed by atoms with Gasteiger partial charge in [-0.25, -0.2) is 4.79 Å². The van der Waals surface area contributed by atoms with E-state index in [-0.39, 0.29) is 12.1 Å². The molecule has 2 heterocycles. The van der Waals surface area contributed by atoms with Crippen LogP contribution in [0.3, 0.4) is 0 Å². The normalized spacial score (nSPS) is 35.1. The monoisotopic (exact) mass is 230 g/mol. The summed E-state index contributed by atoms with van der Waals surface area (Å²) in [6.07, 6.45) is -0.627. The maximum atomic E-state index is 11.2. The van der Waals surface area contributed by atoms with E-state index in [0.717, 1.165) is 0 Å². The number of nitrogens with zero attached hydrogens (tertiary/aromatic N) is 2. The van der Waals surface area contributed by atoms with Crippen LogP contribution < -0.4 is 0 Å². The van der Waals surface area contributed by atoms with Gasteiger partial charge in [0.25, 0.3) is 0 Å². The predicted octanol–water partition coefficient (Wildman–Crippen LogP) is 0.640. The maximum Gasteiger partial charge on any atom is 0.527 e. The maximum absolute atomic E-state index is 11.2. The number of hydrogen-bond acceptors (Lipinski definition) is 6. The molecule has 0 aromatic heterocycles. The largest absolute Gasteiger partial charge is 0.527 e. The molecule has 2 saturated heterocycles. The van der Waals surface area contributed by atoms with Crippen molar-refractivity contribution in [2.75, 3.05) is 26.8 Å². The highest BCUT2D eigenvalue weighted by Crippen LogP contribution is 2.32. The lowest BCUT2D eigenvalue weighted by Gasteiger charge is -2.25. The van der Waals surface area contributed by atoms with Crippen molar-refractivity contribution >= 4 is 6.16 Å². The Labute approximate surface area is 94.9 Å². The fraction of sp³-hybridized carbons (Fsp3) is 0.900. The zero-order valence-corrected chi connectivity index (χ0v) is 9.88. The highest BCUT2D eigenvalue weighted by molar-refractivity contribution is 5.59. The molecule has 0 bridgehead atoms. The third-order valence-electron chi connectivity index (χ3n) is 3.21. The lowest BCUT2D eigenvalue weighted by Crippen LogP contribution is -2.40. The number of hydroxylamine groups is 4. The minimum atomic E-state index is -0.627. The molecule has 0 saturated carbocycles. The Morgan fingerprint density at radius 1 is 1.56 bits per heavy atom. The van der Waals surface area contributed by atoms with Crippen LogP contribution >= 0.6 is 0 Å². The molecule has 6 nitrogen and oxygen atoms in total. The molecule has 92 valence electrons. The minimum Gasteiger partial charge on any atom is -0.433 e. The zero-order chi connectivity index (χ0) is 11.7. The minimum absolute atomic E-state index is 0.127. The first kappa shape index (κ1) is 11.6. The van der Waals surface area contributed by atoms with Gasteiger partial charge in [-0.2, -0.15) is 5.06 Å². The van der Waals surface area contributed by atoms with Crippen LogP contribution in [-0.2, 0) is 14.4 Å². The van der Waals surface area contributed by atoms with Crippen molar-refractivity contribution in [2.45, 2.75) is 25.9 Å². The topological polar surface area (TPSA) is 51.2 Å². The highest BCUT2D eigenvalue weighted by atomic mass is 16.8. The summed E-state index contributed by atoms with van der Waals surface area (Å²) in [7, 11) is 1.91. The lowest BCUT2D eigenvalue weighted by atomic mass is 10.0. The van der Waals surface area contributed by atoms with Crippen LogP contribution in [0.1, 0.15) is 13.8 Å². The second kappa shape index (κ2) is 4.57. The van der Waals surface area contributed by atoms with E-state index in [9.17, 15) is 4.79 Å². The zero-order valence-electron chi connectivity index (χ0n) is 9.88. The number of ether oxygens (including phenoxy) is 1. The van der Waals surface area contributed by atoms with E-state index in [4.69, 9.17) is 14.4 Å². The second-order valence-corrected chi connectivity index (χ2v) is 4.21. The summed E-state index contributed by atoms with van der Waals surface area (Å²) in [5, 5.41) is 3.54. The van der Waals surface area contributed by atoms with Gasteiger partial charge >= 0.3 is 6.16 Å². The molecular formula is C10H18N2O4. The number of carbonyl (C=O) groups excluding carboxylic acids is 1. The SMILES string of the molecule is CCOC(=O)ON1CC2CON(C)C2C1C. The van der Waals surface area contributed by atoms with E-state index in [1.54, 1.807) is 12.0 Å². The Kier molecular flexibility index (Phi) is 3.32. The number of rotatable bonds is 2. The average Bonchev–Trinajstić information content (AvgIpc) is 2.71. The number of fused-ring (bicyclic) bond motifs is 1. The molecule has 0 spiro atoms. The fourth-order valence-corrected chi connectivity index (χ4v) is 2.48. The molecule has 0 aromatic rings. The van der Waals surface area contributed by atoms with Crippen LogP contribution in [0.2, 0.25) is 0 Å². The van der Waals surface area contributed by atoms with Gasteiger partial charge < -0.3 is 9.57 Å². The van der Waals surface area contributed by atoms with Gasteiger partial charge in [0, 0.05) is 19.5 Å². The predicted molar refractivity (Wildman–Crippen MR) is 55.3 cm³/mol. The first-order chi connectivity index (χ1) is 7.63. The van der Waals surface area contributed by atoms with E-state index in [2.05, 4.69) is 0 Å². The molecular weight excluding hydrogens is 212 g/mol. The van der Waals surface area contributed by atoms with Gasteiger partial charge in [0.05, 0.1) is 25.3 Å². The Hall–Kier alpha value is -0.850. The van der Waals surface area contributed by atoms with Crippen LogP contribution in [0.15, 0.2) is 0 Å². The fourth-order valence-electron chi connectivity index (χ4n) is 2.48. The van der Waals surface area contributed by atoms with Gasteiger partial charge in [-0.1, -0.05) is 0 Å². The molecule has 3 unspecified atom stereocenters. The first-order valence-corrected chi connectivity index (χ1v) is 5.60. The van der Waals surface area contributed by atoms with Crippen LogP contribution in [0, 0.1) is 5.92 Å². The molecule has 6 heteroatoms. The summed E-state index contributed by atoms with van der Waals surface area (Å²) in [4.78, 5) is 21.8. The standard InChI is InChI=1S/C10H18N2O4/c1-4-14-10(13)16-12-5-8-6-15-11(3)9(8)7(12)2/h7-9H,4-6H2,1-3H3. The second-order valence-electron chi connectivity index (χ2n) is 4.21. The third kappa shape index (κ3) is 2.00. The van der Waals surface area contributed by atoms with E-state index in [1.165, 1.54) is 0 Å². The Balaban J connectivity index is 1.92. The molecule has 0 aliphatic carbocycles. The van der Waals surface area contributed by atoms with Crippen molar-refractivity contribution in [2.24, 2.45) is 5.92 Å². The molecule has 3 atom stereocenters. The number of likely N-dealkylation sites (N-methyl/N-ethyl adjacent to an activating group) is 1. The van der Waals surface area contributed by atoms with Crippen molar-refractivity contribution < 1.29 is 19.2 Å². The van der Waals surface area contributed by atoms with Gasteiger partial charge in [0.1, 0.15) is 0 Å². The first-order valence-electron chi connectivity index (χ1n) is 5.60. The summed E-state index contributed by atoms with van der Waals surface area (Å²) in [6, 6.07) is 0.413. The van der Waals surface area contributed by atoms with Gasteiger partial charge in [0.15, 0.2) is 0 Å². The van der Waals surface area contributed by atoms with E-state index in [1.807, 2.05) is 19.0 Å². The molecule has 0 amide bonds. The van der Waals surface area contributed by atoms with Gasteiger partial charge in [-0.05, 0) is 13.8 Å². The molecule has 0 N–H and O–H groups in total. The molecule has 2 aliphatic rings. The average molecular weight is 230 g/mol. The molecule has 2 fully saturated rings. The van der Waals surface area contributed by atoms with Crippen LogP contribution in [0.4, 0.5) is 4.79 Å². The van der Waals surface area contributed by atoms with Crippen LogP contribution in [0.25, 0.3) is 0 Å². The van der Waals surface area contributed by atoms with Crippen molar-refractivity contribution in [3.8, 4) is 0 Å². The van der Waals surface area contributed by atoms with Gasteiger partial charge in [-0.15, -0.1) is 5.06 Å². The Morgan fingerprint density at radius 3 is 2.94 bits per heavy atom. The molecule has 2 rings (SSSR count). The summed E-state index contributed by atoms with van der Waals surface area (Å²) < 4.78 is 4.75. The van der Waals surface area contributed by atoms with Crippen molar-refractivity contribution in [1.29, 1.82) is 0 Å². The van der Waals surface area contributed by atoms with Gasteiger partial charge in [-0.3, -0.25) is 4.84 Å². The molecule has 16 heavy (non-hydrogen) atoms. The number of carbonyl (C=O) groups is 1. The van der Waals surface area contributed by atoms with Crippen molar-refractivity contribution in [3.63, 3.8) is 0 Å². The number of hydrogen-bond donors (Lipinski definition) is 0. The summed E-state index contributed by atoms with van der Waals surface area (Å²) in [5.74, 6) is 0.398.